The average molecular weight is 474 g/mol. The number of rotatable bonds is 6. The molecule has 0 saturated carbocycles. The van der Waals surface area contributed by atoms with E-state index in [1.807, 2.05) is 0 Å². The summed E-state index contributed by atoms with van der Waals surface area (Å²) in [5, 5.41) is 1.65. The molecule has 144 valence electrons. The van der Waals surface area contributed by atoms with Gasteiger partial charge >= 0.3 is 161 Å². The molecule has 0 amide bonds. The van der Waals surface area contributed by atoms with E-state index in [1.165, 1.54) is 42.0 Å². The molecule has 2 atom stereocenters. The summed E-state index contributed by atoms with van der Waals surface area (Å²) in [5.74, 6) is 0. The Balaban J connectivity index is 0.00000225. The molecule has 5 heteroatoms. The standard InChI is InChI=1S/C22H27Si.3ClH.Ti/c1-4-5-8-13-23(20-15-17(2)14-18(3)16-20)22-12-11-19-9-6-7-10-21(19)22;;;;/h6-7,9-12,14-16,23H,4-5,8,13H2,1-3H3;3*1H;/q;;;;+3/p-3. The number of unbranched alkanes of at least 4 members (excludes halogenated alkanes) is 2. The van der Waals surface area contributed by atoms with Crippen LogP contribution in [-0.2, 0) is 23.8 Å². The van der Waals surface area contributed by atoms with E-state index in [0.717, 1.165) is 0 Å². The molecule has 0 fully saturated rings. The van der Waals surface area contributed by atoms with Gasteiger partial charge in [-0.05, 0) is 0 Å². The van der Waals surface area contributed by atoms with E-state index in [2.05, 4.69) is 95.8 Å². The van der Waals surface area contributed by atoms with E-state index in [4.69, 9.17) is 0 Å². The third kappa shape index (κ3) is 5.98. The molecule has 2 aromatic rings. The van der Waals surface area contributed by atoms with Gasteiger partial charge in [-0.1, -0.05) is 0 Å². The second-order valence-electron chi connectivity index (χ2n) is 7.26. The molecule has 0 radical (unpaired) electrons. The Morgan fingerprint density at radius 2 is 1.56 bits per heavy atom. The molecular weight excluding hydrogens is 447 g/mol. The Bertz CT molecular complexity index is 743. The van der Waals surface area contributed by atoms with Gasteiger partial charge in [0.05, 0.1) is 0 Å². The molecule has 0 aromatic heterocycles. The Hall–Kier alpha value is -0.0188. The maximum Gasteiger partial charge on any atom is -1.00 e. The maximum atomic E-state index is 2.51. The number of hydrogen-bond acceptors (Lipinski definition) is 0. The molecule has 1 aliphatic rings. The molecule has 0 nitrogen and oxygen atoms in total. The maximum absolute atomic E-state index is 2.51. The van der Waals surface area contributed by atoms with Gasteiger partial charge in [-0.15, -0.1) is 0 Å². The normalized spacial score (nSPS) is 18.0. The van der Waals surface area contributed by atoms with Crippen molar-refractivity contribution < 1.29 is 57.7 Å². The SMILES string of the molecule is CCCCC[SiH](c1cc(C)cc(C)c1)[C]1([Ti+3])C=Cc2ccccc21.[Cl-].[Cl-].[Cl-]. The van der Waals surface area contributed by atoms with Gasteiger partial charge < -0.3 is 37.2 Å². The summed E-state index contributed by atoms with van der Waals surface area (Å²) in [4.78, 5) is 0. The zero-order valence-corrected chi connectivity index (χ0v) is 21.2. The smallest absolute Gasteiger partial charge is 1.00 e. The number of fused-ring (bicyclic) bond motifs is 1. The van der Waals surface area contributed by atoms with Gasteiger partial charge in [0.25, 0.3) is 0 Å². The average Bonchev–Trinajstić information content (AvgIpc) is 2.89. The molecule has 0 saturated heterocycles. The van der Waals surface area contributed by atoms with Crippen LogP contribution in [-0.4, -0.2) is 8.80 Å². The van der Waals surface area contributed by atoms with Gasteiger partial charge in [-0.3, -0.25) is 0 Å². The van der Waals surface area contributed by atoms with Crippen molar-refractivity contribution in [1.29, 1.82) is 0 Å². The number of aryl methyl sites for hydroxylation is 2. The first-order chi connectivity index (χ1) is 11.5. The van der Waals surface area contributed by atoms with Crippen molar-refractivity contribution in [3.8, 4) is 0 Å². The molecule has 0 N–H and O–H groups in total. The fourth-order valence-corrected chi connectivity index (χ4v) is 9.95. The van der Waals surface area contributed by atoms with E-state index >= 15 is 0 Å². The zero-order chi connectivity index (χ0) is 17.2. The summed E-state index contributed by atoms with van der Waals surface area (Å²) < 4.78 is 0.241. The summed E-state index contributed by atoms with van der Waals surface area (Å²) in [5.41, 5.74) is 5.81. The van der Waals surface area contributed by atoms with Crippen LogP contribution >= 0.6 is 0 Å². The van der Waals surface area contributed by atoms with E-state index in [0.29, 0.717) is 0 Å². The van der Waals surface area contributed by atoms with Gasteiger partial charge in [0, 0.05) is 0 Å². The van der Waals surface area contributed by atoms with Crippen LogP contribution in [0.15, 0.2) is 48.5 Å². The van der Waals surface area contributed by atoms with E-state index in [1.54, 1.807) is 10.8 Å². The van der Waals surface area contributed by atoms with E-state index in [-0.39, 0.29) is 40.6 Å². The van der Waals surface area contributed by atoms with Crippen LogP contribution in [0.2, 0.25) is 6.04 Å². The molecule has 3 rings (SSSR count). The summed E-state index contributed by atoms with van der Waals surface area (Å²) in [7, 11) is -1.17. The molecule has 27 heavy (non-hydrogen) atoms. The van der Waals surface area contributed by atoms with Crippen molar-refractivity contribution in [3.63, 3.8) is 0 Å². The Morgan fingerprint density at radius 3 is 2.19 bits per heavy atom. The van der Waals surface area contributed by atoms with Gasteiger partial charge in [0.15, 0.2) is 0 Å². The summed E-state index contributed by atoms with van der Waals surface area (Å²) in [6.07, 6.45) is 8.90. The number of hydrogen-bond donors (Lipinski definition) is 0. The molecule has 0 aliphatic heterocycles. The quantitative estimate of drug-likeness (QED) is 0.296. The first kappa shape index (κ1) is 27.0. The Morgan fingerprint density at radius 1 is 0.926 bits per heavy atom. The third-order valence-electron chi connectivity index (χ3n) is 5.22. The van der Waals surface area contributed by atoms with Crippen LogP contribution in [0.4, 0.5) is 0 Å². The monoisotopic (exact) mass is 472 g/mol. The molecule has 1 aliphatic carbocycles. The van der Waals surface area contributed by atoms with Crippen LogP contribution < -0.4 is 42.4 Å². The van der Waals surface area contributed by atoms with Crippen molar-refractivity contribution in [2.24, 2.45) is 0 Å². The molecule has 0 bridgehead atoms. The van der Waals surface area contributed by atoms with Crippen LogP contribution in [0.1, 0.15) is 48.4 Å². The van der Waals surface area contributed by atoms with Crippen molar-refractivity contribution in [2.75, 3.05) is 0 Å². The van der Waals surface area contributed by atoms with Crippen molar-refractivity contribution in [3.05, 3.63) is 70.8 Å². The molecule has 0 heterocycles. The van der Waals surface area contributed by atoms with Gasteiger partial charge in [0.2, 0.25) is 0 Å². The first-order valence-electron chi connectivity index (χ1n) is 9.16. The minimum atomic E-state index is -1.17. The Labute approximate surface area is 196 Å². The summed E-state index contributed by atoms with van der Waals surface area (Å²) in [6, 6.07) is 17.6. The number of halogens is 3. The minimum Gasteiger partial charge on any atom is -1.00 e. The van der Waals surface area contributed by atoms with Gasteiger partial charge in [0.1, 0.15) is 0 Å². The molecule has 0 spiro atoms. The van der Waals surface area contributed by atoms with E-state index < -0.39 is 8.80 Å². The first-order valence-corrected chi connectivity index (χ1v) is 11.9. The predicted octanol–water partition coefficient (Wildman–Crippen LogP) is -4.05. The van der Waals surface area contributed by atoms with Gasteiger partial charge in [-0.25, -0.2) is 0 Å². The predicted molar refractivity (Wildman–Crippen MR) is 104 cm³/mol. The second kappa shape index (κ2) is 11.9. The van der Waals surface area contributed by atoms with Crippen LogP contribution in [0.25, 0.3) is 6.08 Å². The molecule has 2 unspecified atom stereocenters. The summed E-state index contributed by atoms with van der Waals surface area (Å²) in [6.45, 7) is 6.80. The molecular formula is C22H27Cl3SiTi. The van der Waals surface area contributed by atoms with Crippen LogP contribution in [0.5, 0.6) is 0 Å². The fourth-order valence-electron chi connectivity index (χ4n) is 4.10. The summed E-state index contributed by atoms with van der Waals surface area (Å²) >= 11 is 2.50. The fraction of sp³-hybridized carbons (Fsp3) is 0.364. The third-order valence-corrected chi connectivity index (χ3v) is 11.3. The zero-order valence-electron chi connectivity index (χ0n) is 16.2. The van der Waals surface area contributed by atoms with Crippen LogP contribution in [0, 0.1) is 13.8 Å². The Kier molecular flexibility index (Phi) is 11.8. The topological polar surface area (TPSA) is 0 Å². The van der Waals surface area contributed by atoms with Crippen LogP contribution in [0.3, 0.4) is 0 Å². The number of allylic oxidation sites excluding steroid dienone is 1. The van der Waals surface area contributed by atoms with Gasteiger partial charge in [-0.2, -0.15) is 0 Å². The minimum absolute atomic E-state index is 0. The van der Waals surface area contributed by atoms with E-state index in [9.17, 15) is 0 Å². The van der Waals surface area contributed by atoms with Crippen molar-refractivity contribution >= 4 is 20.1 Å². The number of benzene rings is 2. The molecule has 2 aromatic carbocycles. The largest absolute Gasteiger partial charge is 1.00 e. The van der Waals surface area contributed by atoms with Crippen molar-refractivity contribution in [2.45, 2.75) is 49.4 Å². The van der Waals surface area contributed by atoms with Crippen molar-refractivity contribution in [1.82, 2.24) is 0 Å². The second-order valence-corrected chi connectivity index (χ2v) is 12.7.